The molecule has 0 radical (unpaired) electrons. The molecule has 0 unspecified atom stereocenters. The summed E-state index contributed by atoms with van der Waals surface area (Å²) in [5.74, 6) is 0. The lowest BCUT2D eigenvalue weighted by molar-refractivity contribution is 0.520. The molecule has 1 aromatic heterocycles. The van der Waals surface area contributed by atoms with Crippen molar-refractivity contribution < 1.29 is 0 Å². The van der Waals surface area contributed by atoms with Crippen LogP contribution in [0.15, 0.2) is 11.4 Å². The molecular weight excluding hydrogens is 232 g/mol. The Kier molecular flexibility index (Phi) is 3.36. The van der Waals surface area contributed by atoms with E-state index in [2.05, 4.69) is 48.1 Å². The van der Waals surface area contributed by atoms with Crippen LogP contribution in [0.2, 0.25) is 0 Å². The normalized spacial score (nSPS) is 12.0. The van der Waals surface area contributed by atoms with E-state index >= 15 is 0 Å². The van der Waals surface area contributed by atoms with E-state index in [1.807, 2.05) is 11.3 Å². The Morgan fingerprint density at radius 2 is 2.17 bits per heavy atom. The Labute approximate surface area is 87.1 Å². The van der Waals surface area contributed by atoms with Crippen molar-refractivity contribution in [2.45, 2.75) is 32.6 Å². The SMILES string of the molecule is Cc1ccsc1C(C)(C)CCBr. The van der Waals surface area contributed by atoms with Crippen molar-refractivity contribution in [1.82, 2.24) is 0 Å². The van der Waals surface area contributed by atoms with Gasteiger partial charge in [0.2, 0.25) is 0 Å². The molecule has 0 N–H and O–H groups in total. The van der Waals surface area contributed by atoms with Gasteiger partial charge in [0.1, 0.15) is 0 Å². The average molecular weight is 247 g/mol. The van der Waals surface area contributed by atoms with Gasteiger partial charge in [0.25, 0.3) is 0 Å². The number of alkyl halides is 1. The van der Waals surface area contributed by atoms with E-state index in [4.69, 9.17) is 0 Å². The topological polar surface area (TPSA) is 0 Å². The maximum absolute atomic E-state index is 3.50. The lowest BCUT2D eigenvalue weighted by Crippen LogP contribution is -2.16. The highest BCUT2D eigenvalue weighted by molar-refractivity contribution is 9.09. The van der Waals surface area contributed by atoms with E-state index in [9.17, 15) is 0 Å². The highest BCUT2D eigenvalue weighted by Crippen LogP contribution is 2.33. The van der Waals surface area contributed by atoms with E-state index in [1.165, 1.54) is 16.9 Å². The van der Waals surface area contributed by atoms with Crippen LogP contribution in [-0.2, 0) is 5.41 Å². The van der Waals surface area contributed by atoms with Gasteiger partial charge in [-0.2, -0.15) is 0 Å². The smallest absolute Gasteiger partial charge is 0.0131 e. The molecule has 0 saturated heterocycles. The standard InChI is InChI=1S/C10H15BrS/c1-8-4-7-12-9(8)10(2,3)5-6-11/h4,7H,5-6H2,1-3H3. The van der Waals surface area contributed by atoms with Crippen LogP contribution in [0.1, 0.15) is 30.7 Å². The highest BCUT2D eigenvalue weighted by atomic mass is 79.9. The predicted octanol–water partition coefficient (Wildman–Crippen LogP) is 4.12. The van der Waals surface area contributed by atoms with Gasteiger partial charge in [0.15, 0.2) is 0 Å². The molecular formula is C10H15BrS. The van der Waals surface area contributed by atoms with Crippen molar-refractivity contribution in [2.24, 2.45) is 0 Å². The van der Waals surface area contributed by atoms with Gasteiger partial charge in [0, 0.05) is 15.6 Å². The first kappa shape index (κ1) is 10.3. The van der Waals surface area contributed by atoms with Crippen LogP contribution < -0.4 is 0 Å². The lowest BCUT2D eigenvalue weighted by Gasteiger charge is -2.23. The zero-order valence-corrected chi connectivity index (χ0v) is 10.3. The predicted molar refractivity (Wildman–Crippen MR) is 60.5 cm³/mol. The Balaban J connectivity index is 2.88. The van der Waals surface area contributed by atoms with E-state index in [0.29, 0.717) is 5.41 Å². The number of hydrogen-bond donors (Lipinski definition) is 0. The summed E-state index contributed by atoms with van der Waals surface area (Å²) < 4.78 is 0. The number of rotatable bonds is 3. The molecule has 0 atom stereocenters. The maximum atomic E-state index is 3.50. The van der Waals surface area contributed by atoms with Crippen LogP contribution in [0, 0.1) is 6.92 Å². The monoisotopic (exact) mass is 246 g/mol. The fourth-order valence-electron chi connectivity index (χ4n) is 1.42. The van der Waals surface area contributed by atoms with E-state index in [-0.39, 0.29) is 0 Å². The molecule has 0 aliphatic carbocycles. The van der Waals surface area contributed by atoms with Gasteiger partial charge >= 0.3 is 0 Å². The Bertz CT molecular complexity index is 250. The summed E-state index contributed by atoms with van der Waals surface area (Å²) in [7, 11) is 0. The Hall–Kier alpha value is 0.180. The largest absolute Gasteiger partial charge is 0.148 e. The third-order valence-electron chi connectivity index (χ3n) is 2.20. The van der Waals surface area contributed by atoms with E-state index in [1.54, 1.807) is 0 Å². The quantitative estimate of drug-likeness (QED) is 0.705. The molecule has 0 aliphatic rings. The molecule has 0 aliphatic heterocycles. The van der Waals surface area contributed by atoms with Gasteiger partial charge in [-0.15, -0.1) is 11.3 Å². The van der Waals surface area contributed by atoms with Gasteiger partial charge in [-0.3, -0.25) is 0 Å². The fourth-order valence-corrected chi connectivity index (χ4v) is 3.49. The van der Waals surface area contributed by atoms with Crippen molar-refractivity contribution in [3.63, 3.8) is 0 Å². The molecule has 1 heterocycles. The van der Waals surface area contributed by atoms with Crippen molar-refractivity contribution in [3.8, 4) is 0 Å². The van der Waals surface area contributed by atoms with Crippen molar-refractivity contribution in [2.75, 3.05) is 5.33 Å². The number of halogens is 1. The van der Waals surface area contributed by atoms with Crippen molar-refractivity contribution in [1.29, 1.82) is 0 Å². The van der Waals surface area contributed by atoms with Crippen LogP contribution in [0.3, 0.4) is 0 Å². The minimum Gasteiger partial charge on any atom is -0.148 e. The van der Waals surface area contributed by atoms with Crippen LogP contribution in [-0.4, -0.2) is 5.33 Å². The van der Waals surface area contributed by atoms with Gasteiger partial charge in [0.05, 0.1) is 0 Å². The summed E-state index contributed by atoms with van der Waals surface area (Å²) in [6.45, 7) is 6.82. The molecule has 1 aromatic rings. The van der Waals surface area contributed by atoms with Crippen LogP contribution in [0.5, 0.6) is 0 Å². The fraction of sp³-hybridized carbons (Fsp3) is 0.600. The molecule has 0 amide bonds. The van der Waals surface area contributed by atoms with Crippen LogP contribution in [0.4, 0.5) is 0 Å². The second-order valence-corrected chi connectivity index (χ2v) is 5.46. The third-order valence-corrected chi connectivity index (χ3v) is 3.98. The number of thiophene rings is 1. The second kappa shape index (κ2) is 3.93. The van der Waals surface area contributed by atoms with Gasteiger partial charge in [-0.25, -0.2) is 0 Å². The first-order valence-electron chi connectivity index (χ1n) is 4.18. The molecule has 0 spiro atoms. The average Bonchev–Trinajstić information content (AvgIpc) is 2.35. The number of hydrogen-bond acceptors (Lipinski definition) is 1. The Morgan fingerprint density at radius 1 is 1.50 bits per heavy atom. The Morgan fingerprint density at radius 3 is 2.58 bits per heavy atom. The maximum Gasteiger partial charge on any atom is 0.0131 e. The van der Waals surface area contributed by atoms with Crippen molar-refractivity contribution in [3.05, 3.63) is 21.9 Å². The van der Waals surface area contributed by atoms with Crippen LogP contribution in [0.25, 0.3) is 0 Å². The molecule has 0 bridgehead atoms. The summed E-state index contributed by atoms with van der Waals surface area (Å²) in [4.78, 5) is 1.53. The summed E-state index contributed by atoms with van der Waals surface area (Å²) in [5.41, 5.74) is 1.77. The second-order valence-electron chi connectivity index (χ2n) is 3.76. The minimum absolute atomic E-state index is 0.335. The molecule has 0 fully saturated rings. The molecule has 0 saturated carbocycles. The summed E-state index contributed by atoms with van der Waals surface area (Å²) >= 11 is 5.38. The first-order valence-corrected chi connectivity index (χ1v) is 6.18. The highest BCUT2D eigenvalue weighted by Gasteiger charge is 2.22. The van der Waals surface area contributed by atoms with Gasteiger partial charge < -0.3 is 0 Å². The summed E-state index contributed by atoms with van der Waals surface area (Å²) in [5, 5.41) is 3.26. The minimum atomic E-state index is 0.335. The lowest BCUT2D eigenvalue weighted by atomic mass is 9.87. The molecule has 1 rings (SSSR count). The molecule has 0 aromatic carbocycles. The molecule has 68 valence electrons. The number of aryl methyl sites for hydroxylation is 1. The zero-order chi connectivity index (χ0) is 9.19. The first-order chi connectivity index (χ1) is 5.58. The van der Waals surface area contributed by atoms with Gasteiger partial charge in [-0.1, -0.05) is 29.8 Å². The third kappa shape index (κ3) is 2.11. The molecule has 12 heavy (non-hydrogen) atoms. The molecule has 2 heteroatoms. The van der Waals surface area contributed by atoms with Crippen molar-refractivity contribution >= 4 is 27.3 Å². The zero-order valence-electron chi connectivity index (χ0n) is 7.86. The van der Waals surface area contributed by atoms with E-state index < -0.39 is 0 Å². The van der Waals surface area contributed by atoms with E-state index in [0.717, 1.165) is 5.33 Å². The van der Waals surface area contributed by atoms with Gasteiger partial charge in [-0.05, 0) is 30.4 Å². The summed E-state index contributed by atoms with van der Waals surface area (Å²) in [6.07, 6.45) is 1.20. The summed E-state index contributed by atoms with van der Waals surface area (Å²) in [6, 6.07) is 2.20. The van der Waals surface area contributed by atoms with Crippen LogP contribution >= 0.6 is 27.3 Å². The molecule has 0 nitrogen and oxygen atoms in total.